The molecule has 0 aromatic heterocycles. The van der Waals surface area contributed by atoms with Crippen molar-refractivity contribution in [3.63, 3.8) is 0 Å². The average Bonchev–Trinajstić information content (AvgIpc) is 2.63. The summed E-state index contributed by atoms with van der Waals surface area (Å²) in [6.07, 6.45) is 0. The van der Waals surface area contributed by atoms with Crippen LogP contribution >= 0.6 is 11.8 Å². The molecular weight excluding hydrogens is 320 g/mol. The van der Waals surface area contributed by atoms with Gasteiger partial charge in [-0.15, -0.1) is 0 Å². The van der Waals surface area contributed by atoms with Crippen molar-refractivity contribution in [2.75, 3.05) is 0 Å². The van der Waals surface area contributed by atoms with Crippen LogP contribution in [0.15, 0.2) is 95.2 Å². The molecule has 0 atom stereocenters. The number of hydrogen-bond donors (Lipinski definition) is 0. The van der Waals surface area contributed by atoms with Crippen molar-refractivity contribution in [2.45, 2.75) is 31.1 Å². The van der Waals surface area contributed by atoms with Gasteiger partial charge < -0.3 is 0 Å². The first-order chi connectivity index (χ1) is 12.0. The molecule has 0 aliphatic rings. The molecule has 0 radical (unpaired) electrons. The molecule has 1 heteroatoms. The first kappa shape index (κ1) is 17.6. The Bertz CT molecular complexity index is 781. The first-order valence-electron chi connectivity index (χ1n) is 8.62. The summed E-state index contributed by atoms with van der Waals surface area (Å²) in [4.78, 5) is 1.26. The van der Waals surface area contributed by atoms with E-state index in [2.05, 4.69) is 111 Å². The van der Waals surface area contributed by atoms with Gasteiger partial charge in [-0.3, -0.25) is 0 Å². The molecule has 126 valence electrons. The maximum Gasteiger partial charge on any atom is 0.0116 e. The Labute approximate surface area is 155 Å². The van der Waals surface area contributed by atoms with Crippen LogP contribution in [0.1, 0.15) is 37.5 Å². The molecule has 3 aromatic rings. The topological polar surface area (TPSA) is 0 Å². The van der Waals surface area contributed by atoms with Gasteiger partial charge in [-0.1, -0.05) is 105 Å². The van der Waals surface area contributed by atoms with Gasteiger partial charge in [-0.25, -0.2) is 0 Å². The maximum atomic E-state index is 2.26. The predicted molar refractivity (Wildman–Crippen MR) is 111 cm³/mol. The maximum absolute atomic E-state index is 2.26. The summed E-state index contributed by atoms with van der Waals surface area (Å²) in [6, 6.07) is 30.1. The van der Waals surface area contributed by atoms with E-state index in [0.717, 1.165) is 0 Å². The van der Waals surface area contributed by atoms with E-state index in [1.165, 1.54) is 27.2 Å². The molecule has 0 N–H and O–H groups in total. The van der Waals surface area contributed by atoms with Crippen LogP contribution in [0.3, 0.4) is 0 Å². The molecule has 0 heterocycles. The highest BCUT2D eigenvalue weighted by Gasteiger charge is 2.12. The summed E-state index contributed by atoms with van der Waals surface area (Å²) in [7, 11) is 0. The normalized spacial score (nSPS) is 11.2. The molecule has 0 aliphatic carbocycles. The SMILES string of the molecule is CC(C)(C)c1ccc(SC=C(c2ccccc2)c2ccccc2)cc1. The third kappa shape index (κ3) is 4.64. The highest BCUT2D eigenvalue weighted by molar-refractivity contribution is 8.02. The largest absolute Gasteiger partial charge is 0.0974 e. The monoisotopic (exact) mass is 344 g/mol. The second-order valence-corrected chi connectivity index (χ2v) is 8.10. The van der Waals surface area contributed by atoms with Crippen LogP contribution in [0, 0.1) is 0 Å². The van der Waals surface area contributed by atoms with Gasteiger partial charge in [-0.05, 0) is 45.2 Å². The molecule has 3 aromatic carbocycles. The van der Waals surface area contributed by atoms with Crippen LogP contribution in [-0.2, 0) is 5.41 Å². The van der Waals surface area contributed by atoms with E-state index >= 15 is 0 Å². The Morgan fingerprint density at radius 1 is 0.680 bits per heavy atom. The zero-order chi connectivity index (χ0) is 17.7. The van der Waals surface area contributed by atoms with Gasteiger partial charge in [-0.2, -0.15) is 0 Å². The van der Waals surface area contributed by atoms with Crippen molar-refractivity contribution < 1.29 is 0 Å². The van der Waals surface area contributed by atoms with Crippen LogP contribution < -0.4 is 0 Å². The summed E-state index contributed by atoms with van der Waals surface area (Å²) < 4.78 is 0. The van der Waals surface area contributed by atoms with Crippen LogP contribution in [0.25, 0.3) is 5.57 Å². The second kappa shape index (κ2) is 7.76. The molecule has 0 bridgehead atoms. The molecule has 0 unspecified atom stereocenters. The van der Waals surface area contributed by atoms with E-state index in [4.69, 9.17) is 0 Å². The smallest absolute Gasteiger partial charge is 0.0116 e. The van der Waals surface area contributed by atoms with Crippen molar-refractivity contribution in [1.29, 1.82) is 0 Å². The summed E-state index contributed by atoms with van der Waals surface area (Å²) >= 11 is 1.78. The van der Waals surface area contributed by atoms with Crippen molar-refractivity contribution in [2.24, 2.45) is 0 Å². The molecule has 0 nitrogen and oxygen atoms in total. The van der Waals surface area contributed by atoms with Crippen LogP contribution in [0.5, 0.6) is 0 Å². The van der Waals surface area contributed by atoms with Gasteiger partial charge in [0, 0.05) is 4.90 Å². The van der Waals surface area contributed by atoms with Crippen LogP contribution in [0.4, 0.5) is 0 Å². The van der Waals surface area contributed by atoms with Gasteiger partial charge in [0.15, 0.2) is 0 Å². The first-order valence-corrected chi connectivity index (χ1v) is 9.50. The fourth-order valence-corrected chi connectivity index (χ4v) is 3.52. The molecular formula is C24H24S. The molecule has 0 saturated heterocycles. The number of thioether (sulfide) groups is 1. The molecule has 0 fully saturated rings. The van der Waals surface area contributed by atoms with Crippen molar-refractivity contribution in [1.82, 2.24) is 0 Å². The molecule has 0 aliphatic heterocycles. The zero-order valence-corrected chi connectivity index (χ0v) is 15.9. The average molecular weight is 345 g/mol. The summed E-state index contributed by atoms with van der Waals surface area (Å²) in [5.74, 6) is 0. The van der Waals surface area contributed by atoms with E-state index in [0.29, 0.717) is 0 Å². The van der Waals surface area contributed by atoms with E-state index in [9.17, 15) is 0 Å². The van der Waals surface area contributed by atoms with Gasteiger partial charge in [0.1, 0.15) is 0 Å². The lowest BCUT2D eigenvalue weighted by Gasteiger charge is -2.18. The Hall–Kier alpha value is -2.25. The molecule has 0 saturated carbocycles. The van der Waals surface area contributed by atoms with E-state index in [1.807, 2.05) is 0 Å². The molecule has 0 spiro atoms. The van der Waals surface area contributed by atoms with E-state index in [1.54, 1.807) is 11.8 Å². The fraction of sp³-hybridized carbons (Fsp3) is 0.167. The minimum absolute atomic E-state index is 0.193. The quantitative estimate of drug-likeness (QED) is 0.452. The van der Waals surface area contributed by atoms with Gasteiger partial charge in [0.25, 0.3) is 0 Å². The van der Waals surface area contributed by atoms with Crippen molar-refractivity contribution in [3.8, 4) is 0 Å². The lowest BCUT2D eigenvalue weighted by atomic mass is 9.87. The zero-order valence-electron chi connectivity index (χ0n) is 15.1. The van der Waals surface area contributed by atoms with Gasteiger partial charge in [0.2, 0.25) is 0 Å². The number of benzene rings is 3. The Kier molecular flexibility index (Phi) is 5.45. The van der Waals surface area contributed by atoms with Crippen molar-refractivity contribution in [3.05, 3.63) is 107 Å². The molecule has 25 heavy (non-hydrogen) atoms. The highest BCUT2D eigenvalue weighted by atomic mass is 32.2. The van der Waals surface area contributed by atoms with Crippen molar-refractivity contribution >= 4 is 17.3 Å². The highest BCUT2D eigenvalue weighted by Crippen LogP contribution is 2.31. The lowest BCUT2D eigenvalue weighted by Crippen LogP contribution is -2.10. The third-order valence-corrected chi connectivity index (χ3v) is 5.10. The van der Waals surface area contributed by atoms with Crippen LogP contribution in [-0.4, -0.2) is 0 Å². The van der Waals surface area contributed by atoms with Gasteiger partial charge >= 0.3 is 0 Å². The second-order valence-electron chi connectivity index (χ2n) is 7.16. The van der Waals surface area contributed by atoms with Crippen LogP contribution in [0.2, 0.25) is 0 Å². The minimum atomic E-state index is 0.193. The number of rotatable bonds is 4. The Balaban J connectivity index is 1.89. The number of hydrogen-bond acceptors (Lipinski definition) is 1. The van der Waals surface area contributed by atoms with Gasteiger partial charge in [0.05, 0.1) is 0 Å². The van der Waals surface area contributed by atoms with E-state index < -0.39 is 0 Å². The summed E-state index contributed by atoms with van der Waals surface area (Å²) in [6.45, 7) is 6.74. The fourth-order valence-electron chi connectivity index (χ4n) is 2.70. The molecule has 3 rings (SSSR count). The summed E-state index contributed by atoms with van der Waals surface area (Å²) in [5, 5.41) is 2.26. The third-order valence-electron chi connectivity index (χ3n) is 4.20. The van der Waals surface area contributed by atoms with E-state index in [-0.39, 0.29) is 5.41 Å². The molecule has 0 amide bonds. The predicted octanol–water partition coefficient (Wildman–Crippen LogP) is 7.17. The minimum Gasteiger partial charge on any atom is -0.0974 e. The Morgan fingerprint density at radius 2 is 1.16 bits per heavy atom. The summed E-state index contributed by atoms with van der Waals surface area (Å²) in [5.41, 5.74) is 5.30. The lowest BCUT2D eigenvalue weighted by molar-refractivity contribution is 0.590. The standard InChI is InChI=1S/C24H24S/c1-24(2,3)21-14-16-22(17-15-21)25-18-23(19-10-6-4-7-11-19)20-12-8-5-9-13-20/h4-18H,1-3H3. The Morgan fingerprint density at radius 3 is 1.60 bits per heavy atom.